The van der Waals surface area contributed by atoms with Gasteiger partial charge in [-0.25, -0.2) is 19.9 Å². The molecule has 11 rings (SSSR count). The second kappa shape index (κ2) is 12.3. The summed E-state index contributed by atoms with van der Waals surface area (Å²) in [5.41, 5.74) is 9.36. The van der Waals surface area contributed by atoms with E-state index in [1.807, 2.05) is 78.1 Å². The highest BCUT2D eigenvalue weighted by atomic mass is 32.1. The SMILES string of the molecule is c1ccc(-c2nc(-c3cccc(-c4cccc5c4sc4ccccc45)c3)nc(-c3ccc4c(c3)nc(-c3ccccc3)c3c5ccccc5oc43)n2)cc1. The van der Waals surface area contributed by atoms with Gasteiger partial charge in [-0.1, -0.05) is 140 Å². The zero-order chi connectivity index (χ0) is 35.6. The van der Waals surface area contributed by atoms with Crippen molar-refractivity contribution in [2.45, 2.75) is 0 Å². The van der Waals surface area contributed by atoms with Gasteiger partial charge >= 0.3 is 0 Å². The van der Waals surface area contributed by atoms with Crippen LogP contribution in [0.25, 0.3) is 110 Å². The third-order valence-corrected chi connectivity index (χ3v) is 11.3. The van der Waals surface area contributed by atoms with Crippen LogP contribution in [0, 0.1) is 0 Å². The van der Waals surface area contributed by atoms with E-state index < -0.39 is 0 Å². The van der Waals surface area contributed by atoms with Gasteiger partial charge in [-0.05, 0) is 41.5 Å². The number of pyridine rings is 1. The van der Waals surface area contributed by atoms with Crippen molar-refractivity contribution in [1.29, 1.82) is 0 Å². The standard InChI is InChI=1S/C48H28N4OS/c1-3-13-29(14-4-1)43-42-38-20-7-9-23-40(38)53-44(42)37-26-25-33(28-39(37)49-43)48-51-46(30-15-5-2-6-16-30)50-47(52-48)32-18-11-17-31(27-32)34-21-12-22-36-35-19-8-10-24-41(35)54-45(34)36/h1-28H. The fourth-order valence-electron chi connectivity index (χ4n) is 7.56. The number of furan rings is 1. The molecule has 0 saturated carbocycles. The minimum Gasteiger partial charge on any atom is -0.455 e. The van der Waals surface area contributed by atoms with Crippen LogP contribution in [0.4, 0.5) is 0 Å². The Balaban J connectivity index is 1.09. The van der Waals surface area contributed by atoms with Crippen molar-refractivity contribution in [2.24, 2.45) is 0 Å². The lowest BCUT2D eigenvalue weighted by Gasteiger charge is -2.11. The molecule has 0 fully saturated rings. The summed E-state index contributed by atoms with van der Waals surface area (Å²) in [6.45, 7) is 0. The maximum absolute atomic E-state index is 6.54. The molecule has 4 heterocycles. The van der Waals surface area contributed by atoms with Crippen molar-refractivity contribution in [2.75, 3.05) is 0 Å². The highest BCUT2D eigenvalue weighted by Gasteiger charge is 2.20. The Hall–Kier alpha value is -7.02. The Labute approximate surface area is 313 Å². The highest BCUT2D eigenvalue weighted by molar-refractivity contribution is 7.26. The van der Waals surface area contributed by atoms with E-state index in [1.165, 1.54) is 25.7 Å². The molecular formula is C48H28N4OS. The van der Waals surface area contributed by atoms with Crippen molar-refractivity contribution in [3.05, 3.63) is 170 Å². The largest absolute Gasteiger partial charge is 0.455 e. The molecule has 0 spiro atoms. The Morgan fingerprint density at radius 2 is 1.02 bits per heavy atom. The zero-order valence-electron chi connectivity index (χ0n) is 28.8. The molecule has 0 saturated heterocycles. The molecule has 4 aromatic heterocycles. The zero-order valence-corrected chi connectivity index (χ0v) is 29.6. The molecule has 0 radical (unpaired) electrons. The summed E-state index contributed by atoms with van der Waals surface area (Å²) in [5.74, 6) is 1.79. The molecule has 0 aliphatic heterocycles. The topological polar surface area (TPSA) is 64.7 Å². The second-order valence-electron chi connectivity index (χ2n) is 13.4. The average Bonchev–Trinajstić information content (AvgIpc) is 3.83. The van der Waals surface area contributed by atoms with Crippen molar-refractivity contribution in [1.82, 2.24) is 19.9 Å². The van der Waals surface area contributed by atoms with Gasteiger partial charge in [0.15, 0.2) is 17.5 Å². The van der Waals surface area contributed by atoms with Gasteiger partial charge < -0.3 is 4.42 Å². The smallest absolute Gasteiger partial charge is 0.164 e. The van der Waals surface area contributed by atoms with Gasteiger partial charge in [0, 0.05) is 53.2 Å². The maximum Gasteiger partial charge on any atom is 0.164 e. The van der Waals surface area contributed by atoms with Crippen LogP contribution < -0.4 is 0 Å². The van der Waals surface area contributed by atoms with Crippen LogP contribution >= 0.6 is 11.3 Å². The molecule has 0 aliphatic rings. The van der Waals surface area contributed by atoms with E-state index in [9.17, 15) is 0 Å². The first-order valence-electron chi connectivity index (χ1n) is 17.9. The molecule has 0 bridgehead atoms. The molecule has 11 aromatic rings. The van der Waals surface area contributed by atoms with Crippen LogP contribution in [0.2, 0.25) is 0 Å². The molecule has 0 atom stereocenters. The van der Waals surface area contributed by atoms with Crippen LogP contribution in [0.15, 0.2) is 174 Å². The lowest BCUT2D eigenvalue weighted by atomic mass is 10.0. The van der Waals surface area contributed by atoms with Gasteiger partial charge in [-0.3, -0.25) is 0 Å². The van der Waals surface area contributed by atoms with E-state index in [0.29, 0.717) is 17.5 Å². The summed E-state index contributed by atoms with van der Waals surface area (Å²) in [6.07, 6.45) is 0. The summed E-state index contributed by atoms with van der Waals surface area (Å²) >= 11 is 1.83. The summed E-state index contributed by atoms with van der Waals surface area (Å²) in [7, 11) is 0. The number of fused-ring (bicyclic) bond motifs is 8. The maximum atomic E-state index is 6.54. The third kappa shape index (κ3) is 4.99. The fourth-order valence-corrected chi connectivity index (χ4v) is 8.80. The van der Waals surface area contributed by atoms with Crippen molar-refractivity contribution in [3.8, 4) is 56.5 Å². The quantitative estimate of drug-likeness (QED) is 0.178. The molecular weight excluding hydrogens is 681 g/mol. The molecule has 7 aromatic carbocycles. The monoisotopic (exact) mass is 708 g/mol. The van der Waals surface area contributed by atoms with E-state index in [0.717, 1.165) is 66.4 Å². The number of para-hydroxylation sites is 1. The Morgan fingerprint density at radius 1 is 0.407 bits per heavy atom. The molecule has 0 aliphatic carbocycles. The van der Waals surface area contributed by atoms with Gasteiger partial charge in [0.05, 0.1) is 16.6 Å². The summed E-state index contributed by atoms with van der Waals surface area (Å²) in [6, 6.07) is 58.5. The molecule has 0 N–H and O–H groups in total. The number of benzene rings is 7. The number of nitrogens with zero attached hydrogens (tertiary/aromatic N) is 4. The molecule has 0 amide bonds. The van der Waals surface area contributed by atoms with E-state index in [1.54, 1.807) is 0 Å². The van der Waals surface area contributed by atoms with Gasteiger partial charge in [0.25, 0.3) is 0 Å². The molecule has 0 unspecified atom stereocenters. The predicted molar refractivity (Wildman–Crippen MR) is 222 cm³/mol. The Bertz CT molecular complexity index is 3220. The number of thiophene rings is 1. The van der Waals surface area contributed by atoms with Crippen molar-refractivity contribution in [3.63, 3.8) is 0 Å². The number of rotatable bonds is 5. The number of hydrogen-bond acceptors (Lipinski definition) is 6. The van der Waals surface area contributed by atoms with Gasteiger partial charge in [0.1, 0.15) is 11.2 Å². The summed E-state index contributed by atoms with van der Waals surface area (Å²) in [4.78, 5) is 20.6. The van der Waals surface area contributed by atoms with Crippen molar-refractivity contribution >= 4 is 64.4 Å². The summed E-state index contributed by atoms with van der Waals surface area (Å²) < 4.78 is 9.10. The minimum absolute atomic E-state index is 0.575. The van der Waals surface area contributed by atoms with E-state index in [-0.39, 0.29) is 0 Å². The van der Waals surface area contributed by atoms with Gasteiger partial charge in [0.2, 0.25) is 0 Å². The summed E-state index contributed by atoms with van der Waals surface area (Å²) in [5, 5.41) is 5.55. The van der Waals surface area contributed by atoms with Crippen LogP contribution in [-0.4, -0.2) is 19.9 Å². The fraction of sp³-hybridized carbons (Fsp3) is 0. The van der Waals surface area contributed by atoms with Crippen molar-refractivity contribution < 1.29 is 4.42 Å². The first kappa shape index (κ1) is 30.6. The normalized spacial score (nSPS) is 11.7. The van der Waals surface area contributed by atoms with Crippen LogP contribution in [0.3, 0.4) is 0 Å². The average molecular weight is 709 g/mol. The van der Waals surface area contributed by atoms with E-state index in [2.05, 4.69) is 103 Å². The first-order valence-corrected chi connectivity index (χ1v) is 18.7. The molecule has 5 nitrogen and oxygen atoms in total. The number of hydrogen-bond donors (Lipinski definition) is 0. The van der Waals surface area contributed by atoms with Crippen LogP contribution in [0.1, 0.15) is 0 Å². The first-order chi connectivity index (χ1) is 26.7. The third-order valence-electron chi connectivity index (χ3n) is 10.1. The van der Waals surface area contributed by atoms with Crippen LogP contribution in [-0.2, 0) is 0 Å². The molecule has 6 heteroatoms. The van der Waals surface area contributed by atoms with E-state index >= 15 is 0 Å². The predicted octanol–water partition coefficient (Wildman–Crippen LogP) is 13.0. The lowest BCUT2D eigenvalue weighted by molar-refractivity contribution is 0.672. The number of aromatic nitrogens is 4. The molecule has 252 valence electrons. The van der Waals surface area contributed by atoms with E-state index in [4.69, 9.17) is 24.4 Å². The van der Waals surface area contributed by atoms with Gasteiger partial charge in [-0.2, -0.15) is 0 Å². The second-order valence-corrected chi connectivity index (χ2v) is 14.4. The Kier molecular flexibility index (Phi) is 6.97. The lowest BCUT2D eigenvalue weighted by Crippen LogP contribution is -2.00. The van der Waals surface area contributed by atoms with Crippen LogP contribution in [0.5, 0.6) is 0 Å². The Morgan fingerprint density at radius 3 is 1.83 bits per heavy atom. The molecule has 54 heavy (non-hydrogen) atoms. The minimum atomic E-state index is 0.575. The van der Waals surface area contributed by atoms with Gasteiger partial charge in [-0.15, -0.1) is 11.3 Å². The highest BCUT2D eigenvalue weighted by Crippen LogP contribution is 2.42.